The first kappa shape index (κ1) is 25.2. The lowest BCUT2D eigenvalue weighted by Gasteiger charge is -2.26. The monoisotopic (exact) mass is 539 g/mol. The highest BCUT2D eigenvalue weighted by Crippen LogP contribution is 2.10. The smallest absolute Gasteiger partial charge is 0.213 e. The van der Waals surface area contributed by atoms with Crippen molar-refractivity contribution in [3.05, 3.63) is 54.2 Å². The third-order valence-corrected chi connectivity index (χ3v) is 5.00. The molecule has 0 spiro atoms. The Morgan fingerprint density at radius 2 is 1.77 bits per heavy atom. The summed E-state index contributed by atoms with van der Waals surface area (Å²) in [5.74, 6) is 2.25. The summed E-state index contributed by atoms with van der Waals surface area (Å²) in [7, 11) is 1.79. The van der Waals surface area contributed by atoms with Crippen LogP contribution < -0.4 is 20.1 Å². The normalized spacial score (nSPS) is 14.4. The van der Waals surface area contributed by atoms with Crippen LogP contribution >= 0.6 is 24.0 Å². The lowest BCUT2D eigenvalue weighted by molar-refractivity contribution is 0.212. The summed E-state index contributed by atoms with van der Waals surface area (Å²) in [5.41, 5.74) is 1.07. The second-order valence-corrected chi connectivity index (χ2v) is 7.27. The van der Waals surface area contributed by atoms with Gasteiger partial charge >= 0.3 is 0 Å². The van der Waals surface area contributed by atoms with Crippen molar-refractivity contribution < 1.29 is 9.47 Å². The second kappa shape index (κ2) is 14.9. The molecule has 0 bridgehead atoms. The van der Waals surface area contributed by atoms with Crippen LogP contribution in [0, 0.1) is 0 Å². The Labute approximate surface area is 202 Å². The topological polar surface area (TPSA) is 71.0 Å². The standard InChI is InChI=1S/C23H33N5O2.HI/c1-24-23(25-12-15-28-13-6-3-7-14-28)27-19-20-10-11-22(26-18-20)30-17-16-29-21-8-4-2-5-9-21;/h2,4-5,8-11,18H,3,6-7,12-17,19H2,1H3,(H2,24,25,27);1H. The van der Waals surface area contributed by atoms with Gasteiger partial charge in [-0.2, -0.15) is 0 Å². The van der Waals surface area contributed by atoms with Crippen LogP contribution in [0.5, 0.6) is 11.6 Å². The zero-order valence-electron chi connectivity index (χ0n) is 18.3. The van der Waals surface area contributed by atoms with E-state index in [0.717, 1.165) is 30.4 Å². The molecule has 0 aliphatic carbocycles. The Morgan fingerprint density at radius 3 is 2.48 bits per heavy atom. The second-order valence-electron chi connectivity index (χ2n) is 7.27. The minimum absolute atomic E-state index is 0. The van der Waals surface area contributed by atoms with E-state index in [0.29, 0.717) is 25.6 Å². The number of hydrogen-bond acceptors (Lipinski definition) is 5. The molecule has 0 radical (unpaired) electrons. The summed E-state index contributed by atoms with van der Waals surface area (Å²) < 4.78 is 11.3. The van der Waals surface area contributed by atoms with Crippen molar-refractivity contribution in [1.82, 2.24) is 20.5 Å². The van der Waals surface area contributed by atoms with Gasteiger partial charge in [0.1, 0.15) is 19.0 Å². The quantitative estimate of drug-likeness (QED) is 0.209. The maximum atomic E-state index is 5.64. The number of likely N-dealkylation sites (tertiary alicyclic amines) is 1. The predicted octanol–water partition coefficient (Wildman–Crippen LogP) is 3.31. The van der Waals surface area contributed by atoms with Gasteiger partial charge in [0, 0.05) is 38.9 Å². The number of piperidine rings is 1. The maximum Gasteiger partial charge on any atom is 0.213 e. The van der Waals surface area contributed by atoms with Gasteiger partial charge in [0.25, 0.3) is 0 Å². The van der Waals surface area contributed by atoms with Crippen molar-refractivity contribution >= 4 is 29.9 Å². The van der Waals surface area contributed by atoms with Crippen LogP contribution in [0.4, 0.5) is 0 Å². The fourth-order valence-corrected chi connectivity index (χ4v) is 3.35. The van der Waals surface area contributed by atoms with Crippen molar-refractivity contribution in [2.45, 2.75) is 25.8 Å². The van der Waals surface area contributed by atoms with Gasteiger partial charge in [-0.05, 0) is 43.6 Å². The van der Waals surface area contributed by atoms with Crippen LogP contribution in [-0.4, -0.2) is 62.3 Å². The largest absolute Gasteiger partial charge is 0.490 e. The van der Waals surface area contributed by atoms with Crippen molar-refractivity contribution in [3.8, 4) is 11.6 Å². The summed E-state index contributed by atoms with van der Waals surface area (Å²) in [6.45, 7) is 5.98. The van der Waals surface area contributed by atoms with Gasteiger partial charge in [0.2, 0.25) is 5.88 Å². The molecule has 1 aromatic carbocycles. The Morgan fingerprint density at radius 1 is 1.00 bits per heavy atom. The van der Waals surface area contributed by atoms with Crippen molar-refractivity contribution in [2.24, 2.45) is 4.99 Å². The number of rotatable bonds is 10. The van der Waals surface area contributed by atoms with Gasteiger partial charge < -0.3 is 25.0 Å². The third kappa shape index (κ3) is 9.73. The van der Waals surface area contributed by atoms with Gasteiger partial charge in [-0.1, -0.05) is 30.7 Å². The lowest BCUT2D eigenvalue weighted by Crippen LogP contribution is -2.42. The van der Waals surface area contributed by atoms with Gasteiger partial charge in [-0.15, -0.1) is 24.0 Å². The number of aliphatic imine (C=N–C) groups is 1. The Bertz CT molecular complexity index is 752. The lowest BCUT2D eigenvalue weighted by atomic mass is 10.1. The van der Waals surface area contributed by atoms with E-state index in [1.807, 2.05) is 48.7 Å². The number of guanidine groups is 1. The van der Waals surface area contributed by atoms with Crippen molar-refractivity contribution in [3.63, 3.8) is 0 Å². The molecule has 0 amide bonds. The molecule has 0 atom stereocenters. The molecule has 8 heteroatoms. The highest BCUT2D eigenvalue weighted by molar-refractivity contribution is 14.0. The molecule has 2 heterocycles. The summed E-state index contributed by atoms with van der Waals surface area (Å²) >= 11 is 0. The predicted molar refractivity (Wildman–Crippen MR) is 136 cm³/mol. The number of aromatic nitrogens is 1. The molecule has 1 saturated heterocycles. The van der Waals surface area contributed by atoms with E-state index < -0.39 is 0 Å². The Hall–Kier alpha value is -2.07. The van der Waals surface area contributed by atoms with E-state index in [2.05, 4.69) is 25.5 Å². The maximum absolute atomic E-state index is 5.64. The van der Waals surface area contributed by atoms with Crippen molar-refractivity contribution in [1.29, 1.82) is 0 Å². The zero-order valence-corrected chi connectivity index (χ0v) is 20.6. The number of nitrogens with zero attached hydrogens (tertiary/aromatic N) is 3. The fourth-order valence-electron chi connectivity index (χ4n) is 3.35. The van der Waals surface area contributed by atoms with Gasteiger partial charge in [0.05, 0.1) is 0 Å². The molecule has 7 nitrogen and oxygen atoms in total. The molecule has 1 aliphatic heterocycles. The zero-order chi connectivity index (χ0) is 20.9. The van der Waals surface area contributed by atoms with Crippen LogP contribution in [0.1, 0.15) is 24.8 Å². The molecule has 2 N–H and O–H groups in total. The first-order valence-corrected chi connectivity index (χ1v) is 10.8. The average molecular weight is 539 g/mol. The summed E-state index contributed by atoms with van der Waals surface area (Å²) in [4.78, 5) is 11.2. The van der Waals surface area contributed by atoms with Crippen LogP contribution in [0.25, 0.3) is 0 Å². The average Bonchev–Trinajstić information content (AvgIpc) is 2.81. The van der Waals surface area contributed by atoms with E-state index in [-0.39, 0.29) is 24.0 Å². The molecular weight excluding hydrogens is 505 g/mol. The molecule has 170 valence electrons. The van der Waals surface area contributed by atoms with E-state index in [1.165, 1.54) is 32.4 Å². The van der Waals surface area contributed by atoms with Crippen LogP contribution in [-0.2, 0) is 6.54 Å². The van der Waals surface area contributed by atoms with Gasteiger partial charge in [0.15, 0.2) is 5.96 Å². The van der Waals surface area contributed by atoms with E-state index in [9.17, 15) is 0 Å². The minimum atomic E-state index is 0. The molecule has 1 aliphatic rings. The van der Waals surface area contributed by atoms with Crippen molar-refractivity contribution in [2.75, 3.05) is 46.4 Å². The molecule has 3 rings (SSSR count). The Kier molecular flexibility index (Phi) is 12.1. The first-order valence-electron chi connectivity index (χ1n) is 10.8. The SMILES string of the molecule is CN=C(NCCN1CCCCC1)NCc1ccc(OCCOc2ccccc2)nc1.I. The number of para-hydroxylation sites is 1. The molecular formula is C23H34IN5O2. The molecule has 2 aromatic rings. The van der Waals surface area contributed by atoms with Crippen LogP contribution in [0.15, 0.2) is 53.7 Å². The fraction of sp³-hybridized carbons (Fsp3) is 0.478. The summed E-state index contributed by atoms with van der Waals surface area (Å²) in [6.07, 6.45) is 5.83. The van der Waals surface area contributed by atoms with Gasteiger partial charge in [-0.25, -0.2) is 4.98 Å². The van der Waals surface area contributed by atoms with Crippen LogP contribution in [0.3, 0.4) is 0 Å². The van der Waals surface area contributed by atoms with E-state index in [4.69, 9.17) is 9.47 Å². The molecule has 0 unspecified atom stereocenters. The van der Waals surface area contributed by atoms with Gasteiger partial charge in [-0.3, -0.25) is 4.99 Å². The van der Waals surface area contributed by atoms with E-state index in [1.54, 1.807) is 7.05 Å². The Balaban J connectivity index is 0.00000341. The highest BCUT2D eigenvalue weighted by atomic mass is 127. The highest BCUT2D eigenvalue weighted by Gasteiger charge is 2.09. The molecule has 1 fully saturated rings. The van der Waals surface area contributed by atoms with Crippen LogP contribution in [0.2, 0.25) is 0 Å². The van der Waals surface area contributed by atoms with E-state index >= 15 is 0 Å². The summed E-state index contributed by atoms with van der Waals surface area (Å²) in [6, 6.07) is 13.6. The number of pyridine rings is 1. The number of hydrogen-bond donors (Lipinski definition) is 2. The number of benzene rings is 1. The molecule has 31 heavy (non-hydrogen) atoms. The summed E-state index contributed by atoms with van der Waals surface area (Å²) in [5, 5.41) is 6.72. The first-order chi connectivity index (χ1) is 14.8. The minimum Gasteiger partial charge on any atom is -0.490 e. The third-order valence-electron chi connectivity index (χ3n) is 5.00. The number of nitrogens with one attached hydrogen (secondary N) is 2. The number of halogens is 1. The molecule has 0 saturated carbocycles. The molecule has 1 aromatic heterocycles. The number of ether oxygens (including phenoxy) is 2.